The monoisotopic (exact) mass is 267 g/mol. The number of aliphatic hydroxyl groups is 1. The van der Waals surface area contributed by atoms with Crippen molar-refractivity contribution in [1.29, 1.82) is 0 Å². The maximum Gasteiger partial charge on any atom is 0.263 e. The first kappa shape index (κ1) is 13.6. The summed E-state index contributed by atoms with van der Waals surface area (Å²) < 4.78 is 0. The highest BCUT2D eigenvalue weighted by Gasteiger charge is 2.33. The first-order chi connectivity index (χ1) is 8.41. The Morgan fingerprint density at radius 3 is 2.56 bits per heavy atom. The lowest BCUT2D eigenvalue weighted by atomic mass is 10.0. The van der Waals surface area contributed by atoms with Crippen LogP contribution in [0.5, 0.6) is 0 Å². The number of carbonyl (C=O) groups excluding carboxylic acids is 1. The Bertz CT molecular complexity index is 427. The van der Waals surface area contributed by atoms with Gasteiger partial charge in [-0.1, -0.05) is 12.8 Å². The summed E-state index contributed by atoms with van der Waals surface area (Å²) in [5.41, 5.74) is 0.502. The summed E-state index contributed by atoms with van der Waals surface area (Å²) in [6, 6.07) is 1.94. The van der Waals surface area contributed by atoms with E-state index in [4.69, 9.17) is 0 Å². The van der Waals surface area contributed by atoms with Gasteiger partial charge in [-0.3, -0.25) is 4.79 Å². The number of likely N-dealkylation sites (N-methyl/N-ethyl adjacent to an activating group) is 1. The molecule has 0 bridgehead atoms. The summed E-state index contributed by atoms with van der Waals surface area (Å²) in [5, 5.41) is 10.3. The Labute approximate surface area is 112 Å². The van der Waals surface area contributed by atoms with E-state index >= 15 is 0 Å². The number of carbonyl (C=O) groups is 1. The molecule has 2 rings (SSSR count). The van der Waals surface area contributed by atoms with E-state index in [1.54, 1.807) is 11.9 Å². The minimum atomic E-state index is -0.661. The van der Waals surface area contributed by atoms with Crippen LogP contribution in [0.1, 0.15) is 45.8 Å². The van der Waals surface area contributed by atoms with Crippen LogP contribution in [0.15, 0.2) is 6.07 Å². The van der Waals surface area contributed by atoms with Gasteiger partial charge in [0.15, 0.2) is 0 Å². The molecule has 1 aromatic rings. The predicted octanol–water partition coefficient (Wildman–Crippen LogP) is 2.74. The molecule has 18 heavy (non-hydrogen) atoms. The average molecular weight is 267 g/mol. The van der Waals surface area contributed by atoms with Crippen molar-refractivity contribution >= 4 is 17.2 Å². The highest BCUT2D eigenvalue weighted by molar-refractivity contribution is 7.14. The van der Waals surface area contributed by atoms with Crippen LogP contribution in [0.3, 0.4) is 0 Å². The second-order valence-corrected chi connectivity index (χ2v) is 6.70. The molecule has 0 atom stereocenters. The Kier molecular flexibility index (Phi) is 3.78. The second-order valence-electron chi connectivity index (χ2n) is 5.44. The van der Waals surface area contributed by atoms with E-state index in [1.165, 1.54) is 16.2 Å². The van der Waals surface area contributed by atoms with Crippen LogP contribution in [-0.2, 0) is 0 Å². The molecular formula is C14H21NO2S. The fraction of sp³-hybridized carbons (Fsp3) is 0.643. The third-order valence-electron chi connectivity index (χ3n) is 3.79. The van der Waals surface area contributed by atoms with Crippen molar-refractivity contribution in [2.75, 3.05) is 13.6 Å². The number of hydrogen-bond donors (Lipinski definition) is 1. The van der Waals surface area contributed by atoms with E-state index in [1.807, 2.05) is 19.9 Å². The quantitative estimate of drug-likeness (QED) is 0.915. The fourth-order valence-corrected chi connectivity index (χ4v) is 3.60. The Balaban J connectivity index is 2.04. The third-order valence-corrected chi connectivity index (χ3v) is 4.93. The van der Waals surface area contributed by atoms with Crippen molar-refractivity contribution in [3.8, 4) is 0 Å². The number of thiophene rings is 1. The zero-order valence-electron chi connectivity index (χ0n) is 11.3. The molecule has 1 aliphatic carbocycles. The summed E-state index contributed by atoms with van der Waals surface area (Å²) in [4.78, 5) is 15.9. The van der Waals surface area contributed by atoms with Gasteiger partial charge < -0.3 is 10.0 Å². The molecule has 1 aromatic heterocycles. The van der Waals surface area contributed by atoms with Crippen LogP contribution in [0.2, 0.25) is 0 Å². The molecule has 0 aliphatic heterocycles. The zero-order valence-corrected chi connectivity index (χ0v) is 12.1. The molecule has 1 fully saturated rings. The van der Waals surface area contributed by atoms with Gasteiger partial charge in [0.1, 0.15) is 0 Å². The topological polar surface area (TPSA) is 40.5 Å². The molecule has 0 saturated heterocycles. The minimum absolute atomic E-state index is 0.0246. The van der Waals surface area contributed by atoms with Gasteiger partial charge in [0.2, 0.25) is 0 Å². The molecular weight excluding hydrogens is 246 g/mol. The summed E-state index contributed by atoms with van der Waals surface area (Å²) >= 11 is 1.53. The smallest absolute Gasteiger partial charge is 0.263 e. The molecule has 0 aromatic carbocycles. The van der Waals surface area contributed by atoms with E-state index in [9.17, 15) is 9.90 Å². The lowest BCUT2D eigenvalue weighted by Gasteiger charge is -2.28. The van der Waals surface area contributed by atoms with E-state index in [-0.39, 0.29) is 5.91 Å². The minimum Gasteiger partial charge on any atom is -0.388 e. The normalized spacial score (nSPS) is 18.0. The number of aryl methyl sites for hydroxylation is 2. The molecule has 4 heteroatoms. The Hall–Kier alpha value is -0.870. The molecule has 1 saturated carbocycles. The van der Waals surface area contributed by atoms with Gasteiger partial charge in [-0.15, -0.1) is 11.3 Å². The van der Waals surface area contributed by atoms with Gasteiger partial charge in [0, 0.05) is 18.5 Å². The molecule has 1 amide bonds. The first-order valence-corrected chi connectivity index (χ1v) is 7.28. The standard InChI is InChI=1S/C14H21NO2S/c1-10-8-12(18-11(10)2)13(16)15(3)9-14(17)6-4-5-7-14/h8,17H,4-7,9H2,1-3H3. The SMILES string of the molecule is Cc1cc(C(=O)N(C)CC2(O)CCCC2)sc1C. The van der Waals surface area contributed by atoms with Crippen molar-refractivity contribution in [1.82, 2.24) is 4.90 Å². The van der Waals surface area contributed by atoms with Crippen LogP contribution >= 0.6 is 11.3 Å². The van der Waals surface area contributed by atoms with Gasteiger partial charge in [-0.05, 0) is 38.3 Å². The molecule has 0 unspecified atom stereocenters. The molecule has 1 N–H and O–H groups in total. The van der Waals surface area contributed by atoms with Crippen LogP contribution in [0, 0.1) is 13.8 Å². The van der Waals surface area contributed by atoms with Gasteiger partial charge in [0.25, 0.3) is 5.91 Å². The molecule has 1 aliphatic rings. The van der Waals surface area contributed by atoms with Crippen LogP contribution in [0.25, 0.3) is 0 Å². The van der Waals surface area contributed by atoms with Gasteiger partial charge in [-0.25, -0.2) is 0 Å². The zero-order chi connectivity index (χ0) is 13.3. The van der Waals surface area contributed by atoms with Gasteiger partial charge in [0.05, 0.1) is 10.5 Å². The number of rotatable bonds is 3. The maximum atomic E-state index is 12.3. The lowest BCUT2D eigenvalue weighted by Crippen LogP contribution is -2.41. The highest BCUT2D eigenvalue weighted by atomic mass is 32.1. The van der Waals surface area contributed by atoms with E-state index in [0.29, 0.717) is 6.54 Å². The number of nitrogens with zero attached hydrogens (tertiary/aromatic N) is 1. The van der Waals surface area contributed by atoms with Gasteiger partial charge >= 0.3 is 0 Å². The van der Waals surface area contributed by atoms with Gasteiger partial charge in [-0.2, -0.15) is 0 Å². The number of hydrogen-bond acceptors (Lipinski definition) is 3. The summed E-state index contributed by atoms with van der Waals surface area (Å²) in [6.45, 7) is 4.50. The van der Waals surface area contributed by atoms with Crippen molar-refractivity contribution in [2.24, 2.45) is 0 Å². The second kappa shape index (κ2) is 5.02. The molecule has 3 nitrogen and oxygen atoms in total. The molecule has 0 radical (unpaired) electrons. The Morgan fingerprint density at radius 2 is 2.06 bits per heavy atom. The molecule has 100 valence electrons. The Morgan fingerprint density at radius 1 is 1.44 bits per heavy atom. The predicted molar refractivity (Wildman–Crippen MR) is 74.2 cm³/mol. The van der Waals surface area contributed by atoms with E-state index in [0.717, 1.165) is 36.1 Å². The van der Waals surface area contributed by atoms with Crippen LogP contribution < -0.4 is 0 Å². The van der Waals surface area contributed by atoms with Crippen molar-refractivity contribution in [2.45, 2.75) is 45.1 Å². The number of amides is 1. The van der Waals surface area contributed by atoms with E-state index < -0.39 is 5.60 Å². The van der Waals surface area contributed by atoms with Crippen LogP contribution in [-0.4, -0.2) is 35.1 Å². The van der Waals surface area contributed by atoms with Crippen molar-refractivity contribution in [3.05, 3.63) is 21.4 Å². The largest absolute Gasteiger partial charge is 0.388 e. The van der Waals surface area contributed by atoms with E-state index in [2.05, 4.69) is 0 Å². The lowest BCUT2D eigenvalue weighted by molar-refractivity contribution is 0.0158. The van der Waals surface area contributed by atoms with Crippen LogP contribution in [0.4, 0.5) is 0 Å². The first-order valence-electron chi connectivity index (χ1n) is 6.46. The fourth-order valence-electron chi connectivity index (χ4n) is 2.57. The summed E-state index contributed by atoms with van der Waals surface area (Å²) in [7, 11) is 1.78. The average Bonchev–Trinajstić information content (AvgIpc) is 2.86. The molecule has 0 spiro atoms. The summed E-state index contributed by atoms with van der Waals surface area (Å²) in [5.74, 6) is 0.0246. The third kappa shape index (κ3) is 2.75. The highest BCUT2D eigenvalue weighted by Crippen LogP contribution is 2.30. The van der Waals surface area contributed by atoms with Crippen molar-refractivity contribution in [3.63, 3.8) is 0 Å². The summed E-state index contributed by atoms with van der Waals surface area (Å²) in [6.07, 6.45) is 3.76. The van der Waals surface area contributed by atoms with Crippen molar-refractivity contribution < 1.29 is 9.90 Å². The maximum absolute atomic E-state index is 12.3. The molecule has 1 heterocycles.